The molecule has 168 valence electrons. The second kappa shape index (κ2) is 9.70. The SMILES string of the molecule is CCOC(=O)c1sc(NC(=O)CSc2nc(=O)n(Cc3ccco3)c3c2CCC3)nc1C. The number of furan rings is 1. The molecule has 0 spiro atoms. The normalized spacial score (nSPS) is 12.6. The molecule has 0 aliphatic heterocycles. The molecule has 1 aliphatic carbocycles. The third-order valence-electron chi connectivity index (χ3n) is 4.94. The number of nitrogens with one attached hydrogen (secondary N) is 1. The fraction of sp³-hybridized carbons (Fsp3) is 0.381. The predicted octanol–water partition coefficient (Wildman–Crippen LogP) is 3.05. The van der Waals surface area contributed by atoms with E-state index in [4.69, 9.17) is 9.15 Å². The summed E-state index contributed by atoms with van der Waals surface area (Å²) in [6.07, 6.45) is 4.13. The summed E-state index contributed by atoms with van der Waals surface area (Å²) < 4.78 is 12.0. The van der Waals surface area contributed by atoms with Gasteiger partial charge in [0, 0.05) is 11.3 Å². The summed E-state index contributed by atoms with van der Waals surface area (Å²) in [5.74, 6) is 0.0393. The van der Waals surface area contributed by atoms with Crippen molar-refractivity contribution < 1.29 is 18.7 Å². The highest BCUT2D eigenvalue weighted by Crippen LogP contribution is 2.30. The molecule has 3 heterocycles. The maximum absolute atomic E-state index is 12.7. The third kappa shape index (κ3) is 4.78. The Morgan fingerprint density at radius 3 is 2.94 bits per heavy atom. The Morgan fingerprint density at radius 1 is 1.34 bits per heavy atom. The van der Waals surface area contributed by atoms with Crippen molar-refractivity contribution in [3.63, 3.8) is 0 Å². The van der Waals surface area contributed by atoms with Crippen molar-refractivity contribution in [3.8, 4) is 0 Å². The molecular weight excluding hydrogens is 452 g/mol. The number of hydrogen-bond acceptors (Lipinski definition) is 9. The van der Waals surface area contributed by atoms with E-state index >= 15 is 0 Å². The molecule has 0 radical (unpaired) electrons. The second-order valence-corrected chi connectivity index (χ2v) is 9.10. The van der Waals surface area contributed by atoms with Crippen molar-refractivity contribution in [2.75, 3.05) is 17.7 Å². The van der Waals surface area contributed by atoms with Crippen LogP contribution >= 0.6 is 23.1 Å². The van der Waals surface area contributed by atoms with Crippen molar-refractivity contribution in [2.45, 2.75) is 44.7 Å². The van der Waals surface area contributed by atoms with Gasteiger partial charge in [-0.05, 0) is 45.2 Å². The number of aromatic nitrogens is 3. The number of carbonyl (C=O) groups is 2. The molecule has 4 rings (SSSR count). The topological polar surface area (TPSA) is 116 Å². The van der Waals surface area contributed by atoms with Crippen molar-refractivity contribution >= 4 is 40.1 Å². The highest BCUT2D eigenvalue weighted by Gasteiger charge is 2.23. The summed E-state index contributed by atoms with van der Waals surface area (Å²) in [6.45, 7) is 4.04. The molecule has 9 nitrogen and oxygen atoms in total. The summed E-state index contributed by atoms with van der Waals surface area (Å²) in [6, 6.07) is 3.62. The summed E-state index contributed by atoms with van der Waals surface area (Å²) in [5.41, 5.74) is 2.14. The number of hydrogen-bond donors (Lipinski definition) is 1. The molecule has 0 saturated carbocycles. The minimum atomic E-state index is -0.452. The van der Waals surface area contributed by atoms with E-state index in [1.165, 1.54) is 11.8 Å². The summed E-state index contributed by atoms with van der Waals surface area (Å²) in [5, 5.41) is 3.64. The minimum Gasteiger partial charge on any atom is -0.467 e. The largest absolute Gasteiger partial charge is 0.467 e. The van der Waals surface area contributed by atoms with Crippen LogP contribution in [0.2, 0.25) is 0 Å². The Hall–Kier alpha value is -2.92. The van der Waals surface area contributed by atoms with Crippen molar-refractivity contribution in [2.24, 2.45) is 0 Å². The van der Waals surface area contributed by atoms with Crippen LogP contribution in [0.1, 0.15) is 45.7 Å². The smallest absolute Gasteiger partial charge is 0.350 e. The van der Waals surface area contributed by atoms with E-state index in [0.717, 1.165) is 41.9 Å². The molecule has 0 bridgehead atoms. The number of amides is 1. The number of aryl methyl sites for hydroxylation is 1. The zero-order valence-corrected chi connectivity index (χ0v) is 19.3. The number of ether oxygens (including phenoxy) is 1. The molecular formula is C21H22N4O5S2. The highest BCUT2D eigenvalue weighted by molar-refractivity contribution is 8.00. The van der Waals surface area contributed by atoms with Crippen LogP contribution in [0.5, 0.6) is 0 Å². The first kappa shape index (κ1) is 22.3. The molecule has 0 aromatic carbocycles. The zero-order valence-electron chi connectivity index (χ0n) is 17.7. The van der Waals surface area contributed by atoms with Gasteiger partial charge in [0.05, 0.1) is 30.9 Å². The van der Waals surface area contributed by atoms with Crippen LogP contribution in [0.4, 0.5) is 5.13 Å². The number of anilines is 1. The maximum atomic E-state index is 12.7. The van der Waals surface area contributed by atoms with Gasteiger partial charge in [-0.1, -0.05) is 23.1 Å². The number of carbonyl (C=O) groups excluding carboxylic acids is 2. The Balaban J connectivity index is 1.44. The van der Waals surface area contributed by atoms with Gasteiger partial charge in [-0.2, -0.15) is 4.98 Å². The number of rotatable bonds is 8. The molecule has 32 heavy (non-hydrogen) atoms. The van der Waals surface area contributed by atoms with Gasteiger partial charge in [-0.3, -0.25) is 9.36 Å². The number of nitrogens with zero attached hydrogens (tertiary/aromatic N) is 3. The number of thiazole rings is 1. The third-order valence-corrected chi connectivity index (χ3v) is 7.01. The number of esters is 1. The Kier molecular flexibility index (Phi) is 6.75. The van der Waals surface area contributed by atoms with E-state index in [2.05, 4.69) is 15.3 Å². The highest BCUT2D eigenvalue weighted by atomic mass is 32.2. The van der Waals surface area contributed by atoms with Crippen molar-refractivity contribution in [1.82, 2.24) is 14.5 Å². The lowest BCUT2D eigenvalue weighted by molar-refractivity contribution is -0.113. The van der Waals surface area contributed by atoms with Crippen molar-refractivity contribution in [1.29, 1.82) is 0 Å². The molecule has 11 heteroatoms. The molecule has 3 aromatic rings. The Labute approximate surface area is 192 Å². The van der Waals surface area contributed by atoms with E-state index in [1.54, 1.807) is 30.7 Å². The van der Waals surface area contributed by atoms with Gasteiger partial charge in [0.25, 0.3) is 0 Å². The minimum absolute atomic E-state index is 0.0778. The quantitative estimate of drug-likeness (QED) is 0.301. The average molecular weight is 475 g/mol. The lowest BCUT2D eigenvalue weighted by atomic mass is 10.2. The lowest BCUT2D eigenvalue weighted by Crippen LogP contribution is -2.28. The van der Waals surface area contributed by atoms with Crippen LogP contribution in [0.15, 0.2) is 32.6 Å². The van der Waals surface area contributed by atoms with E-state index in [-0.39, 0.29) is 24.0 Å². The van der Waals surface area contributed by atoms with Crippen LogP contribution in [-0.4, -0.2) is 38.8 Å². The van der Waals surface area contributed by atoms with Gasteiger partial charge in [0.1, 0.15) is 15.7 Å². The number of thioether (sulfide) groups is 1. The molecule has 1 N–H and O–H groups in total. The van der Waals surface area contributed by atoms with Crippen LogP contribution in [0, 0.1) is 6.92 Å². The zero-order chi connectivity index (χ0) is 22.7. The molecule has 1 aliphatic rings. The van der Waals surface area contributed by atoms with E-state index < -0.39 is 5.97 Å². The van der Waals surface area contributed by atoms with E-state index in [1.807, 2.05) is 6.07 Å². The number of fused-ring (bicyclic) bond motifs is 1. The van der Waals surface area contributed by atoms with Gasteiger partial charge in [-0.15, -0.1) is 0 Å². The second-order valence-electron chi connectivity index (χ2n) is 7.13. The predicted molar refractivity (Wildman–Crippen MR) is 120 cm³/mol. The van der Waals surface area contributed by atoms with Crippen LogP contribution in [0.25, 0.3) is 0 Å². The summed E-state index contributed by atoms with van der Waals surface area (Å²) in [7, 11) is 0. The fourth-order valence-electron chi connectivity index (χ4n) is 3.55. The average Bonchev–Trinajstić information content (AvgIpc) is 3.50. The van der Waals surface area contributed by atoms with Gasteiger partial charge >= 0.3 is 11.7 Å². The van der Waals surface area contributed by atoms with Gasteiger partial charge in [-0.25, -0.2) is 14.6 Å². The van der Waals surface area contributed by atoms with Crippen LogP contribution in [-0.2, 0) is 28.9 Å². The molecule has 0 fully saturated rings. The van der Waals surface area contributed by atoms with Gasteiger partial charge in [0.15, 0.2) is 5.13 Å². The molecule has 0 atom stereocenters. The Morgan fingerprint density at radius 2 is 2.19 bits per heavy atom. The molecule has 0 saturated heterocycles. The van der Waals surface area contributed by atoms with E-state index in [9.17, 15) is 14.4 Å². The van der Waals surface area contributed by atoms with Crippen LogP contribution in [0.3, 0.4) is 0 Å². The lowest BCUT2D eigenvalue weighted by Gasteiger charge is -2.13. The monoisotopic (exact) mass is 474 g/mol. The van der Waals surface area contributed by atoms with Crippen molar-refractivity contribution in [3.05, 3.63) is 56.5 Å². The molecule has 1 amide bonds. The molecule has 0 unspecified atom stereocenters. The fourth-order valence-corrected chi connectivity index (χ4v) is 5.31. The first-order chi connectivity index (χ1) is 15.5. The van der Waals surface area contributed by atoms with Gasteiger partial charge < -0.3 is 14.5 Å². The maximum Gasteiger partial charge on any atom is 0.350 e. The Bertz CT molecular complexity index is 1200. The molecule has 3 aromatic heterocycles. The van der Waals surface area contributed by atoms with E-state index in [0.29, 0.717) is 33.0 Å². The first-order valence-electron chi connectivity index (χ1n) is 10.2. The standard InChI is InChI=1S/C21H22N4O5S2/c1-3-29-19(27)17-12(2)22-20(32-17)23-16(26)11-31-18-14-7-4-8-15(14)25(21(28)24-18)10-13-6-5-9-30-13/h5-6,9H,3-4,7-8,10-11H2,1-2H3,(H,22,23,26). The first-order valence-corrected chi connectivity index (χ1v) is 12.0. The van der Waals surface area contributed by atoms with Crippen LogP contribution < -0.4 is 11.0 Å². The summed E-state index contributed by atoms with van der Waals surface area (Å²) >= 11 is 2.31. The van der Waals surface area contributed by atoms with Gasteiger partial charge in [0.2, 0.25) is 5.91 Å². The summed E-state index contributed by atoms with van der Waals surface area (Å²) in [4.78, 5) is 45.9.